The first-order valence-corrected chi connectivity index (χ1v) is 8.93. The van der Waals surface area contributed by atoms with Crippen molar-refractivity contribution in [2.45, 2.75) is 37.4 Å². The molecule has 0 saturated carbocycles. The maximum Gasteiger partial charge on any atom is 0.107 e. The molecule has 0 radical (unpaired) electrons. The van der Waals surface area contributed by atoms with E-state index in [0.717, 1.165) is 54.9 Å². The summed E-state index contributed by atoms with van der Waals surface area (Å²) in [5.41, 5.74) is -0.0829. The smallest absolute Gasteiger partial charge is 0.107 e. The SMILES string of the molecule is OC(c1cc(Br)c(Cl)s1)C1CCOC2(CCOCC2)C1. The summed E-state index contributed by atoms with van der Waals surface area (Å²) in [6, 6.07) is 1.93. The highest BCUT2D eigenvalue weighted by molar-refractivity contribution is 9.10. The van der Waals surface area contributed by atoms with E-state index in [1.807, 2.05) is 6.07 Å². The van der Waals surface area contributed by atoms with Crippen molar-refractivity contribution in [2.75, 3.05) is 19.8 Å². The number of aliphatic hydroxyl groups excluding tert-OH is 1. The van der Waals surface area contributed by atoms with Gasteiger partial charge in [0.05, 0.1) is 11.7 Å². The molecular formula is C14H18BrClO3S. The van der Waals surface area contributed by atoms with Gasteiger partial charge in [0.25, 0.3) is 0 Å². The van der Waals surface area contributed by atoms with Gasteiger partial charge in [-0.15, -0.1) is 11.3 Å². The summed E-state index contributed by atoms with van der Waals surface area (Å²) in [5.74, 6) is 0.239. The Bertz CT molecular complexity index is 448. The zero-order valence-corrected chi connectivity index (χ0v) is 14.3. The molecule has 1 aromatic heterocycles. The number of ether oxygens (including phenoxy) is 2. The molecule has 1 N–H and O–H groups in total. The Morgan fingerprint density at radius 2 is 2.15 bits per heavy atom. The second-order valence-electron chi connectivity index (χ2n) is 5.61. The minimum atomic E-state index is -0.451. The van der Waals surface area contributed by atoms with Crippen LogP contribution in [-0.4, -0.2) is 30.5 Å². The zero-order chi connectivity index (χ0) is 14.2. The Kier molecular flexibility index (Phi) is 4.75. The lowest BCUT2D eigenvalue weighted by atomic mass is 9.78. The maximum atomic E-state index is 10.6. The molecule has 3 nitrogen and oxygen atoms in total. The Morgan fingerprint density at radius 3 is 2.80 bits per heavy atom. The molecule has 2 aliphatic rings. The molecule has 2 aliphatic heterocycles. The van der Waals surface area contributed by atoms with Crippen LogP contribution in [-0.2, 0) is 9.47 Å². The van der Waals surface area contributed by atoms with Gasteiger partial charge in [0.1, 0.15) is 4.34 Å². The molecule has 0 amide bonds. The van der Waals surface area contributed by atoms with Crippen LogP contribution in [0, 0.1) is 5.92 Å². The average molecular weight is 382 g/mol. The van der Waals surface area contributed by atoms with Crippen molar-refractivity contribution in [1.82, 2.24) is 0 Å². The van der Waals surface area contributed by atoms with Crippen molar-refractivity contribution in [1.29, 1.82) is 0 Å². The summed E-state index contributed by atoms with van der Waals surface area (Å²) >= 11 is 10.9. The molecule has 0 bridgehead atoms. The van der Waals surface area contributed by atoms with Crippen LogP contribution in [0.2, 0.25) is 4.34 Å². The van der Waals surface area contributed by atoms with Gasteiger partial charge in [-0.05, 0) is 53.6 Å². The van der Waals surface area contributed by atoms with E-state index < -0.39 is 6.10 Å². The van der Waals surface area contributed by atoms with Crippen molar-refractivity contribution >= 4 is 38.9 Å². The van der Waals surface area contributed by atoms with E-state index in [1.165, 1.54) is 11.3 Å². The number of hydrogen-bond donors (Lipinski definition) is 1. The number of hydrogen-bond acceptors (Lipinski definition) is 4. The van der Waals surface area contributed by atoms with Crippen LogP contribution in [0.1, 0.15) is 36.7 Å². The first-order valence-electron chi connectivity index (χ1n) is 6.94. The summed E-state index contributed by atoms with van der Waals surface area (Å²) in [7, 11) is 0. The van der Waals surface area contributed by atoms with Crippen molar-refractivity contribution < 1.29 is 14.6 Å². The molecule has 0 aliphatic carbocycles. The highest BCUT2D eigenvalue weighted by atomic mass is 79.9. The highest BCUT2D eigenvalue weighted by Crippen LogP contribution is 2.44. The fourth-order valence-electron chi connectivity index (χ4n) is 3.17. The number of aliphatic hydroxyl groups is 1. The van der Waals surface area contributed by atoms with E-state index in [-0.39, 0.29) is 11.5 Å². The minimum absolute atomic E-state index is 0.0829. The monoisotopic (exact) mass is 380 g/mol. The fraction of sp³-hybridized carbons (Fsp3) is 0.714. The molecule has 6 heteroatoms. The Hall–Kier alpha value is 0.350. The normalized spacial score (nSPS) is 27.6. The third kappa shape index (κ3) is 3.08. The molecule has 2 atom stereocenters. The predicted octanol–water partition coefficient (Wildman–Crippen LogP) is 4.17. The first-order chi connectivity index (χ1) is 9.60. The van der Waals surface area contributed by atoms with Crippen LogP contribution in [0.5, 0.6) is 0 Å². The lowest BCUT2D eigenvalue weighted by Gasteiger charge is -2.44. The molecule has 0 aromatic carbocycles. The van der Waals surface area contributed by atoms with Gasteiger partial charge in [0.2, 0.25) is 0 Å². The molecule has 112 valence electrons. The predicted molar refractivity (Wildman–Crippen MR) is 83.4 cm³/mol. The van der Waals surface area contributed by atoms with Gasteiger partial charge < -0.3 is 14.6 Å². The van der Waals surface area contributed by atoms with Gasteiger partial charge in [-0.3, -0.25) is 0 Å². The van der Waals surface area contributed by atoms with E-state index in [0.29, 0.717) is 4.34 Å². The van der Waals surface area contributed by atoms with Crippen molar-refractivity contribution in [3.8, 4) is 0 Å². The molecule has 3 heterocycles. The Balaban J connectivity index is 1.72. The van der Waals surface area contributed by atoms with Gasteiger partial charge in [-0.1, -0.05) is 11.6 Å². The summed E-state index contributed by atoms with van der Waals surface area (Å²) in [6.07, 6.45) is 3.23. The highest BCUT2D eigenvalue weighted by Gasteiger charge is 2.41. The van der Waals surface area contributed by atoms with Gasteiger partial charge in [-0.2, -0.15) is 0 Å². The first kappa shape index (κ1) is 15.3. The lowest BCUT2D eigenvalue weighted by Crippen LogP contribution is -2.45. The molecule has 20 heavy (non-hydrogen) atoms. The van der Waals surface area contributed by atoms with Gasteiger partial charge in [0.15, 0.2) is 0 Å². The van der Waals surface area contributed by atoms with Crippen molar-refractivity contribution in [3.63, 3.8) is 0 Å². The van der Waals surface area contributed by atoms with E-state index in [2.05, 4.69) is 15.9 Å². The third-order valence-corrected chi connectivity index (χ3v) is 6.88. The van der Waals surface area contributed by atoms with Gasteiger partial charge in [-0.25, -0.2) is 0 Å². The molecule has 2 fully saturated rings. The van der Waals surface area contributed by atoms with E-state index in [9.17, 15) is 5.11 Å². The number of rotatable bonds is 2. The molecule has 2 saturated heterocycles. The standard InChI is InChI=1S/C14H18BrClO3S/c15-10-7-11(20-13(10)16)12(17)9-1-4-19-14(8-9)2-5-18-6-3-14/h7,9,12,17H,1-6,8H2. The second kappa shape index (κ2) is 6.23. The van der Waals surface area contributed by atoms with Crippen molar-refractivity contribution in [3.05, 3.63) is 19.8 Å². The Labute approximate surface area is 136 Å². The molecular weight excluding hydrogens is 364 g/mol. The van der Waals surface area contributed by atoms with Crippen LogP contribution >= 0.6 is 38.9 Å². The summed E-state index contributed by atoms with van der Waals surface area (Å²) in [4.78, 5) is 0.941. The van der Waals surface area contributed by atoms with Gasteiger partial charge >= 0.3 is 0 Å². The topological polar surface area (TPSA) is 38.7 Å². The lowest BCUT2D eigenvalue weighted by molar-refractivity contribution is -0.158. The average Bonchev–Trinajstić information content (AvgIpc) is 2.79. The number of halogens is 2. The second-order valence-corrected chi connectivity index (χ2v) is 8.15. The zero-order valence-electron chi connectivity index (χ0n) is 11.1. The largest absolute Gasteiger partial charge is 0.387 e. The van der Waals surface area contributed by atoms with Crippen LogP contribution in [0.4, 0.5) is 0 Å². The fourth-order valence-corrected chi connectivity index (χ4v) is 4.98. The minimum Gasteiger partial charge on any atom is -0.387 e. The van der Waals surface area contributed by atoms with E-state index >= 15 is 0 Å². The van der Waals surface area contributed by atoms with E-state index in [4.69, 9.17) is 21.1 Å². The van der Waals surface area contributed by atoms with E-state index in [1.54, 1.807) is 0 Å². The summed E-state index contributed by atoms with van der Waals surface area (Å²) in [5, 5.41) is 10.6. The summed E-state index contributed by atoms with van der Waals surface area (Å²) in [6.45, 7) is 2.25. The van der Waals surface area contributed by atoms with Crippen LogP contribution in [0.15, 0.2) is 10.5 Å². The molecule has 1 aromatic rings. The molecule has 1 spiro atoms. The van der Waals surface area contributed by atoms with Crippen LogP contribution < -0.4 is 0 Å². The summed E-state index contributed by atoms with van der Waals surface area (Å²) < 4.78 is 13.0. The van der Waals surface area contributed by atoms with Crippen LogP contribution in [0.25, 0.3) is 0 Å². The number of thiophene rings is 1. The third-order valence-electron chi connectivity index (χ3n) is 4.34. The van der Waals surface area contributed by atoms with Crippen molar-refractivity contribution in [2.24, 2.45) is 5.92 Å². The maximum absolute atomic E-state index is 10.6. The van der Waals surface area contributed by atoms with Gasteiger partial charge in [0, 0.05) is 29.2 Å². The molecule has 2 unspecified atom stereocenters. The van der Waals surface area contributed by atoms with Crippen LogP contribution in [0.3, 0.4) is 0 Å². The quantitative estimate of drug-likeness (QED) is 0.835. The Morgan fingerprint density at radius 1 is 1.40 bits per heavy atom. The molecule has 3 rings (SSSR count).